The van der Waals surface area contributed by atoms with Crippen LogP contribution in [0.3, 0.4) is 0 Å². The summed E-state index contributed by atoms with van der Waals surface area (Å²) in [4.78, 5) is 22.6. The summed E-state index contributed by atoms with van der Waals surface area (Å²) in [6, 6.07) is 10.7. The fraction of sp³-hybridized carbons (Fsp3) is 0.350. The SMILES string of the molecule is O=C(NCCNc1ccc([N+](=O)[O-])cc1)C1CCN(S(=O)(=O)c2ccc(F)cc2)CC1. The molecule has 1 amide bonds. The first-order valence-corrected chi connectivity index (χ1v) is 11.2. The molecule has 2 aromatic carbocycles. The van der Waals surface area contributed by atoms with Crippen molar-refractivity contribution < 1.29 is 22.5 Å². The maximum absolute atomic E-state index is 13.0. The summed E-state index contributed by atoms with van der Waals surface area (Å²) in [6.45, 7) is 1.25. The fourth-order valence-electron chi connectivity index (χ4n) is 3.35. The molecule has 0 aromatic heterocycles. The van der Waals surface area contributed by atoms with E-state index >= 15 is 0 Å². The average Bonchev–Trinajstić information content (AvgIpc) is 2.77. The van der Waals surface area contributed by atoms with Crippen LogP contribution in [0.25, 0.3) is 0 Å². The minimum Gasteiger partial charge on any atom is -0.383 e. The van der Waals surface area contributed by atoms with Gasteiger partial charge in [-0.25, -0.2) is 12.8 Å². The van der Waals surface area contributed by atoms with E-state index in [1.54, 1.807) is 12.1 Å². The molecule has 9 nitrogen and oxygen atoms in total. The highest BCUT2D eigenvalue weighted by Gasteiger charge is 2.31. The molecule has 0 aliphatic carbocycles. The molecule has 1 saturated heterocycles. The van der Waals surface area contributed by atoms with Crippen molar-refractivity contribution in [3.05, 3.63) is 64.5 Å². The molecular weight excluding hydrogens is 427 g/mol. The van der Waals surface area contributed by atoms with Gasteiger partial charge in [-0.3, -0.25) is 14.9 Å². The number of nitro groups is 1. The van der Waals surface area contributed by atoms with E-state index in [1.807, 2.05) is 0 Å². The van der Waals surface area contributed by atoms with E-state index in [0.29, 0.717) is 31.6 Å². The highest BCUT2D eigenvalue weighted by molar-refractivity contribution is 7.89. The number of hydrogen-bond donors (Lipinski definition) is 2. The number of non-ortho nitro benzene ring substituents is 1. The van der Waals surface area contributed by atoms with E-state index in [4.69, 9.17) is 0 Å². The van der Waals surface area contributed by atoms with Gasteiger partial charge in [0.2, 0.25) is 15.9 Å². The molecule has 0 bridgehead atoms. The van der Waals surface area contributed by atoms with Gasteiger partial charge >= 0.3 is 0 Å². The molecule has 3 rings (SSSR count). The number of benzene rings is 2. The van der Waals surface area contributed by atoms with Crippen molar-refractivity contribution >= 4 is 27.3 Å². The van der Waals surface area contributed by atoms with Crippen molar-refractivity contribution in [2.75, 3.05) is 31.5 Å². The maximum Gasteiger partial charge on any atom is 0.269 e. The molecule has 1 aliphatic heterocycles. The summed E-state index contributed by atoms with van der Waals surface area (Å²) in [5, 5.41) is 16.5. The van der Waals surface area contributed by atoms with Crippen molar-refractivity contribution in [2.45, 2.75) is 17.7 Å². The molecule has 1 aliphatic rings. The Labute approximate surface area is 179 Å². The zero-order chi connectivity index (χ0) is 22.4. The molecule has 2 aromatic rings. The predicted molar refractivity (Wildman–Crippen MR) is 112 cm³/mol. The van der Waals surface area contributed by atoms with Gasteiger partial charge in [0.1, 0.15) is 5.82 Å². The van der Waals surface area contributed by atoms with Crippen LogP contribution in [0.4, 0.5) is 15.8 Å². The Balaban J connectivity index is 1.41. The van der Waals surface area contributed by atoms with E-state index in [1.165, 1.54) is 28.6 Å². The number of amides is 1. The molecule has 2 N–H and O–H groups in total. The van der Waals surface area contributed by atoms with Crippen LogP contribution in [-0.2, 0) is 14.8 Å². The second-order valence-corrected chi connectivity index (χ2v) is 9.09. The third-order valence-corrected chi connectivity index (χ3v) is 7.02. The number of carbonyl (C=O) groups excluding carboxylic acids is 1. The number of carbonyl (C=O) groups is 1. The number of nitro benzene ring substituents is 1. The predicted octanol–water partition coefficient (Wildman–Crippen LogP) is 2.36. The lowest BCUT2D eigenvalue weighted by atomic mass is 9.97. The topological polar surface area (TPSA) is 122 Å². The molecule has 31 heavy (non-hydrogen) atoms. The van der Waals surface area contributed by atoms with Gasteiger partial charge in [0.15, 0.2) is 0 Å². The van der Waals surface area contributed by atoms with Crippen molar-refractivity contribution in [3.63, 3.8) is 0 Å². The van der Waals surface area contributed by atoms with Crippen LogP contribution < -0.4 is 10.6 Å². The van der Waals surface area contributed by atoms with Crippen LogP contribution in [0.15, 0.2) is 53.4 Å². The molecule has 11 heteroatoms. The molecule has 0 saturated carbocycles. The molecule has 0 radical (unpaired) electrons. The average molecular weight is 450 g/mol. The van der Waals surface area contributed by atoms with Gasteiger partial charge in [0.05, 0.1) is 9.82 Å². The smallest absolute Gasteiger partial charge is 0.269 e. The number of rotatable bonds is 8. The summed E-state index contributed by atoms with van der Waals surface area (Å²) < 4.78 is 39.6. The third-order valence-electron chi connectivity index (χ3n) is 5.11. The zero-order valence-electron chi connectivity index (χ0n) is 16.7. The Morgan fingerprint density at radius 2 is 1.68 bits per heavy atom. The van der Waals surface area contributed by atoms with Crippen LogP contribution in [0, 0.1) is 21.8 Å². The molecular formula is C20H23FN4O5S. The number of piperidine rings is 1. The standard InChI is InChI=1S/C20H23FN4O5S/c21-16-1-7-19(8-2-16)31(29,30)24-13-9-15(10-14-24)20(26)23-12-11-22-17-3-5-18(6-4-17)25(27)28/h1-8,15,22H,9-14H2,(H,23,26). The summed E-state index contributed by atoms with van der Waals surface area (Å²) in [5.74, 6) is -0.916. The minimum absolute atomic E-state index is 0.00615. The lowest BCUT2D eigenvalue weighted by molar-refractivity contribution is -0.384. The normalized spacial score (nSPS) is 15.4. The van der Waals surface area contributed by atoms with Crippen LogP contribution in [0.2, 0.25) is 0 Å². The van der Waals surface area contributed by atoms with Gasteiger partial charge in [-0.15, -0.1) is 0 Å². The number of anilines is 1. The third kappa shape index (κ3) is 5.76. The van der Waals surface area contributed by atoms with E-state index in [9.17, 15) is 27.7 Å². The Kier molecular flexibility index (Phi) is 7.18. The van der Waals surface area contributed by atoms with E-state index in [-0.39, 0.29) is 35.5 Å². The van der Waals surface area contributed by atoms with Gasteiger partial charge in [-0.2, -0.15) is 4.31 Å². The number of nitrogens with one attached hydrogen (secondary N) is 2. The molecule has 0 spiro atoms. The summed E-state index contributed by atoms with van der Waals surface area (Å²) in [7, 11) is -3.71. The quantitative estimate of drug-likeness (QED) is 0.362. The monoisotopic (exact) mass is 450 g/mol. The zero-order valence-corrected chi connectivity index (χ0v) is 17.5. The summed E-state index contributed by atoms with van der Waals surface area (Å²) >= 11 is 0. The second-order valence-electron chi connectivity index (χ2n) is 7.15. The molecule has 0 unspecified atom stereocenters. The van der Waals surface area contributed by atoms with Crippen LogP contribution in [0.5, 0.6) is 0 Å². The second kappa shape index (κ2) is 9.84. The van der Waals surface area contributed by atoms with Gasteiger partial charge in [-0.05, 0) is 49.2 Å². The number of hydrogen-bond acceptors (Lipinski definition) is 6. The van der Waals surface area contributed by atoms with Gasteiger partial charge in [-0.1, -0.05) is 0 Å². The first kappa shape index (κ1) is 22.6. The summed E-state index contributed by atoms with van der Waals surface area (Å²) in [6.07, 6.45) is 0.810. The largest absolute Gasteiger partial charge is 0.383 e. The van der Waals surface area contributed by atoms with Crippen LogP contribution >= 0.6 is 0 Å². The Morgan fingerprint density at radius 3 is 2.26 bits per heavy atom. The Morgan fingerprint density at radius 1 is 1.06 bits per heavy atom. The number of sulfonamides is 1. The first-order valence-electron chi connectivity index (χ1n) is 9.79. The number of nitrogens with zero attached hydrogens (tertiary/aromatic N) is 2. The molecule has 0 atom stereocenters. The number of halogens is 1. The van der Waals surface area contributed by atoms with Gasteiger partial charge in [0.25, 0.3) is 5.69 Å². The van der Waals surface area contributed by atoms with Crippen LogP contribution in [-0.4, -0.2) is 49.7 Å². The van der Waals surface area contributed by atoms with E-state index in [0.717, 1.165) is 12.1 Å². The fourth-order valence-corrected chi connectivity index (χ4v) is 4.82. The summed E-state index contributed by atoms with van der Waals surface area (Å²) in [5.41, 5.74) is 0.714. The highest BCUT2D eigenvalue weighted by atomic mass is 32.2. The molecule has 1 heterocycles. The minimum atomic E-state index is -3.71. The van der Waals surface area contributed by atoms with Crippen molar-refractivity contribution in [2.24, 2.45) is 5.92 Å². The van der Waals surface area contributed by atoms with E-state index < -0.39 is 20.8 Å². The van der Waals surface area contributed by atoms with Crippen molar-refractivity contribution in [1.82, 2.24) is 9.62 Å². The van der Waals surface area contributed by atoms with Gasteiger partial charge in [0, 0.05) is 49.9 Å². The van der Waals surface area contributed by atoms with Crippen molar-refractivity contribution in [1.29, 1.82) is 0 Å². The lowest BCUT2D eigenvalue weighted by Gasteiger charge is -2.30. The Bertz CT molecular complexity index is 1020. The van der Waals surface area contributed by atoms with Gasteiger partial charge < -0.3 is 10.6 Å². The molecule has 166 valence electrons. The highest BCUT2D eigenvalue weighted by Crippen LogP contribution is 2.24. The first-order chi connectivity index (χ1) is 14.8. The van der Waals surface area contributed by atoms with Crippen LogP contribution in [0.1, 0.15) is 12.8 Å². The maximum atomic E-state index is 13.0. The van der Waals surface area contributed by atoms with Crippen molar-refractivity contribution in [3.8, 4) is 0 Å². The van der Waals surface area contributed by atoms with E-state index in [2.05, 4.69) is 10.6 Å². The lowest BCUT2D eigenvalue weighted by Crippen LogP contribution is -2.43. The Hall–Kier alpha value is -3.05. The molecule has 1 fully saturated rings.